The molecule has 0 aromatic heterocycles. The van der Waals surface area contributed by atoms with E-state index in [0.29, 0.717) is 21.4 Å². The minimum Gasteiger partial charge on any atom is -0.492 e. The van der Waals surface area contributed by atoms with E-state index in [9.17, 15) is 49.5 Å². The van der Waals surface area contributed by atoms with Crippen molar-refractivity contribution in [3.63, 3.8) is 0 Å². The van der Waals surface area contributed by atoms with Gasteiger partial charge in [-0.3, -0.25) is 29.4 Å². The zero-order chi connectivity index (χ0) is 82.8. The quantitative estimate of drug-likeness (QED) is 0.0112. The van der Waals surface area contributed by atoms with E-state index in [-0.39, 0.29) is 129 Å². The average molecular weight is 1770 g/mol. The first kappa shape index (κ1) is 91.1. The molecule has 3 aromatic rings. The minimum absolute atomic E-state index is 0.00336. The van der Waals surface area contributed by atoms with Gasteiger partial charge >= 0.3 is 12.2 Å². The number of hydroxylamine groups is 1. The van der Waals surface area contributed by atoms with Crippen LogP contribution < -0.4 is 35.6 Å². The highest BCUT2D eigenvalue weighted by Gasteiger charge is 2.53. The topological polar surface area (TPSA) is 386 Å². The number of rotatable bonds is 35. The number of hydrogen-bond acceptors (Lipinski definition) is 31. The van der Waals surface area contributed by atoms with Crippen LogP contribution in [0.1, 0.15) is 93.8 Å². The van der Waals surface area contributed by atoms with Gasteiger partial charge in [-0.25, -0.2) is 9.59 Å². The molecule has 2 bridgehead atoms. The summed E-state index contributed by atoms with van der Waals surface area (Å²) in [5.74, 6) is 10.9. The SMILES string of the molecule is CCN(CC(=O)NCCOCCOCCNC(=O)OCC1c2ccccc2-c2ccccc21)[C@H]1CO[C@@H](O[C@H]2[C@H](O[C@H]3C#C/C=C\C#C[C@]4(O)CC(=O)C(NC(=O)OC)=C3/C4=C\CSSC(C)C)O[C@H](C)[C@@H](NO[C@H]3C[C@H](O)[C@H](SC(=O)c4c(C)c(I)c(O[C@@H]5O[C@@H](C)[C@H](O)[C@@H](OC)[C@H]5O)c(OC)c4OC)[C@@H](C)O3)[C@@H]2O)C[C@@H]1OC. The molecule has 31 nitrogen and oxygen atoms in total. The lowest BCUT2D eigenvalue weighted by Crippen LogP contribution is -2.65. The van der Waals surface area contributed by atoms with Crippen molar-refractivity contribution in [2.45, 2.75) is 194 Å². The number of nitrogens with zero attached hydrogens (tertiary/aromatic N) is 1. The Balaban J connectivity index is 0.786. The summed E-state index contributed by atoms with van der Waals surface area (Å²) in [6.07, 6.45) is -15.9. The van der Waals surface area contributed by atoms with Crippen LogP contribution in [0.2, 0.25) is 0 Å². The minimum atomic E-state index is -2.12. The summed E-state index contributed by atoms with van der Waals surface area (Å²) in [6.45, 7) is 14.4. The third-order valence-electron chi connectivity index (χ3n) is 20.4. The number of Topliss-reactive ketones (excluding diaryl/α,β-unsaturated/α-hetero) is 1. The molecule has 35 heteroatoms. The summed E-state index contributed by atoms with van der Waals surface area (Å²) in [5.41, 5.74) is 5.61. The number of ether oxygens (including phenoxy) is 15. The van der Waals surface area contributed by atoms with Gasteiger partial charge in [-0.1, -0.05) is 132 Å². The van der Waals surface area contributed by atoms with Crippen molar-refractivity contribution in [3.05, 3.63) is 109 Å². The Morgan fingerprint density at radius 2 is 1.45 bits per heavy atom. The molecule has 4 aliphatic heterocycles. The first-order valence-electron chi connectivity index (χ1n) is 38.0. The monoisotopic (exact) mass is 1770 g/mol. The highest BCUT2D eigenvalue weighted by molar-refractivity contribution is 14.1. The summed E-state index contributed by atoms with van der Waals surface area (Å²) in [5, 5.41) is 66.1. The molecular weight excluding hydrogens is 1670 g/mol. The second kappa shape index (κ2) is 43.2. The van der Waals surface area contributed by atoms with E-state index in [2.05, 4.69) is 69.4 Å². The van der Waals surface area contributed by atoms with E-state index in [1.165, 1.54) is 51.4 Å². The Morgan fingerprint density at radius 1 is 0.774 bits per heavy atom. The number of ketones is 1. The molecule has 0 saturated carbocycles. The molecule has 4 saturated heterocycles. The molecule has 630 valence electrons. The van der Waals surface area contributed by atoms with Crippen molar-refractivity contribution in [1.82, 2.24) is 26.3 Å². The second-order valence-corrected chi connectivity index (χ2v) is 33.5. The Morgan fingerprint density at radius 3 is 2.10 bits per heavy atom. The maximum atomic E-state index is 14.6. The van der Waals surface area contributed by atoms with Crippen molar-refractivity contribution < 1.29 is 125 Å². The fourth-order valence-electron chi connectivity index (χ4n) is 14.6. The van der Waals surface area contributed by atoms with Gasteiger partial charge in [0.15, 0.2) is 41.8 Å². The van der Waals surface area contributed by atoms with Crippen molar-refractivity contribution >= 4 is 84.9 Å². The molecule has 4 fully saturated rings. The van der Waals surface area contributed by atoms with Crippen molar-refractivity contribution in [2.24, 2.45) is 0 Å². The normalized spacial score (nSPS) is 29.8. The molecular formula is C80H104IN5O26S3. The molecule has 3 amide bonds. The summed E-state index contributed by atoms with van der Waals surface area (Å²) in [4.78, 5) is 76.5. The van der Waals surface area contributed by atoms with Gasteiger partial charge in [0.25, 0.3) is 0 Å². The number of aliphatic hydroxyl groups excluding tert-OH is 4. The van der Waals surface area contributed by atoms with E-state index in [1.807, 2.05) is 72.5 Å². The van der Waals surface area contributed by atoms with Gasteiger partial charge in [0.05, 0.1) is 130 Å². The van der Waals surface area contributed by atoms with E-state index >= 15 is 0 Å². The van der Waals surface area contributed by atoms with Gasteiger partial charge in [0, 0.05) is 68.2 Å². The van der Waals surface area contributed by atoms with Crippen LogP contribution in [0.3, 0.4) is 0 Å². The second-order valence-electron chi connectivity index (χ2n) is 28.3. The predicted octanol–water partition coefficient (Wildman–Crippen LogP) is 5.73. The fraction of sp³-hybridized carbons (Fsp3) is 0.588. The van der Waals surface area contributed by atoms with Crippen LogP contribution in [-0.2, 0) is 71.3 Å². The van der Waals surface area contributed by atoms with Crippen LogP contribution >= 0.6 is 55.9 Å². The number of fused-ring (bicyclic) bond motifs is 5. The third-order valence-corrected chi connectivity index (χ3v) is 25.9. The molecule has 3 aliphatic carbocycles. The van der Waals surface area contributed by atoms with Gasteiger partial charge in [0.1, 0.15) is 43.2 Å². The average Bonchev–Trinajstić information content (AvgIpc) is 1.73. The van der Waals surface area contributed by atoms with Crippen LogP contribution in [0.4, 0.5) is 9.59 Å². The Bertz CT molecular complexity index is 4040. The lowest BCUT2D eigenvalue weighted by Gasteiger charge is -2.47. The summed E-state index contributed by atoms with van der Waals surface area (Å²) >= 11 is 2.80. The number of aliphatic hydroxyl groups is 5. The molecule has 10 rings (SSSR count). The van der Waals surface area contributed by atoms with Crippen LogP contribution in [0.5, 0.6) is 17.2 Å². The molecule has 0 spiro atoms. The molecule has 3 aromatic carbocycles. The van der Waals surface area contributed by atoms with Gasteiger partial charge < -0.3 is 107 Å². The zero-order valence-corrected chi connectivity index (χ0v) is 70.8. The summed E-state index contributed by atoms with van der Waals surface area (Å²) < 4.78 is 90.8. The number of alkyl carbamates (subject to hydrolysis) is 2. The highest BCUT2D eigenvalue weighted by Crippen LogP contribution is 2.50. The van der Waals surface area contributed by atoms with E-state index in [0.717, 1.165) is 41.1 Å². The number of likely N-dealkylation sites (N-methyl/N-ethyl adjacent to an activating group) is 1. The van der Waals surface area contributed by atoms with E-state index in [4.69, 9.17) is 75.9 Å². The van der Waals surface area contributed by atoms with Crippen LogP contribution in [0, 0.1) is 34.2 Å². The van der Waals surface area contributed by atoms with Gasteiger partial charge in [-0.2, -0.15) is 5.48 Å². The third kappa shape index (κ3) is 22.5. The summed E-state index contributed by atoms with van der Waals surface area (Å²) in [6, 6.07) is 14.6. The molecule has 115 heavy (non-hydrogen) atoms. The van der Waals surface area contributed by atoms with Crippen molar-refractivity contribution in [2.75, 3.05) is 107 Å². The number of amides is 3. The molecule has 4 heterocycles. The Kier molecular flexibility index (Phi) is 34.2. The fourth-order valence-corrected chi connectivity index (χ4v) is 18.2. The van der Waals surface area contributed by atoms with Crippen molar-refractivity contribution in [1.29, 1.82) is 0 Å². The molecule has 0 unspecified atom stereocenters. The molecule has 7 aliphatic rings. The smallest absolute Gasteiger partial charge is 0.411 e. The number of thioether (sulfide) groups is 1. The zero-order valence-electron chi connectivity index (χ0n) is 66.2. The number of carbonyl (C=O) groups excluding carboxylic acids is 5. The van der Waals surface area contributed by atoms with Gasteiger partial charge in [-0.15, -0.1) is 0 Å². The standard InChI is InChI=1S/C80H104IN5O26S3/c1-13-86(39-58(89)82-29-31-102-33-34-103-32-30-83-78(94)105-40-51-49-24-19-17-22-47(49)48-23-18-20-25-50(48)51)53-41-104-59(37-57(53)97-8)110-72-67(91)64(44(5)107-77(72)109-56-26-16-14-15-21-28-80(96)38-55(88)65(84-79(95)101-12)62(56)52(80)27-35-113-115-42(2)3)85-112-60-36-54(87)74(46(7)106-60)114-75(93)61-43(4)63(81)70(73(100-11)69(61)98-9)111-76-68(92)71(99-10)66(90)45(6)108-76/h14-15,17-20,22-25,27,42,44-46,51,53-54,56-57,59-60,64,66-68,71-72,74,76-77,85,87,90-92,96H,13,29-41H2,1-12H3,(H,82,89)(H,83,94)(H,84,95)/b15-14-,52-27+/t44-,45+,46-,53+,54+,56+,57+,59+,60+,64-,66+,67+,68-,71-,72-,74-,76+,77+,80+/m1/s1. The van der Waals surface area contributed by atoms with Gasteiger partial charge in [-0.05, 0) is 96.8 Å². The van der Waals surface area contributed by atoms with Crippen molar-refractivity contribution in [3.8, 4) is 52.1 Å². The molecule has 9 N–H and O–H groups in total. The van der Waals surface area contributed by atoms with E-state index < -0.39 is 145 Å². The predicted molar refractivity (Wildman–Crippen MR) is 433 cm³/mol. The highest BCUT2D eigenvalue weighted by atomic mass is 127. The van der Waals surface area contributed by atoms with Crippen LogP contribution in [0.15, 0.2) is 83.6 Å². The number of nitrogens with one attached hydrogen (secondary N) is 4. The van der Waals surface area contributed by atoms with Gasteiger partial charge in [0.2, 0.25) is 23.1 Å². The number of halogens is 1. The lowest BCUT2D eigenvalue weighted by molar-refractivity contribution is -0.337. The number of hydrogen-bond donors (Lipinski definition) is 9. The lowest BCUT2D eigenvalue weighted by atomic mass is 9.75. The number of methoxy groups -OCH3 is 5. The molecule has 19 atom stereocenters. The number of carbonyl (C=O) groups is 5. The Labute approximate surface area is 695 Å². The maximum absolute atomic E-state index is 14.6. The molecule has 0 radical (unpaired) electrons. The number of benzene rings is 3. The van der Waals surface area contributed by atoms with E-state index in [1.54, 1.807) is 44.6 Å². The summed E-state index contributed by atoms with van der Waals surface area (Å²) in [7, 11) is 9.75. The maximum Gasteiger partial charge on any atom is 0.411 e. The van der Waals surface area contributed by atoms with Crippen LogP contribution in [0.25, 0.3) is 11.1 Å². The first-order valence-corrected chi connectivity index (χ1v) is 42.3. The first-order chi connectivity index (χ1) is 55.3. The Hall–Kier alpha value is -6.19. The largest absolute Gasteiger partial charge is 0.492 e. The van der Waals surface area contributed by atoms with Crippen LogP contribution in [-0.4, -0.2) is 287 Å². The number of allylic oxidation sites excluding steroid dienone is 3.